The van der Waals surface area contributed by atoms with Gasteiger partial charge in [-0.2, -0.15) is 0 Å². The van der Waals surface area contributed by atoms with E-state index < -0.39 is 29.7 Å². The third kappa shape index (κ3) is 5.21. The molecule has 1 aromatic rings. The normalized spacial score (nSPS) is 18.3. The number of rotatable bonds is 4. The predicted octanol–water partition coefficient (Wildman–Crippen LogP) is 1.83. The highest BCUT2D eigenvalue weighted by Gasteiger charge is 2.37. The summed E-state index contributed by atoms with van der Waals surface area (Å²) < 4.78 is 10.2. The summed E-state index contributed by atoms with van der Waals surface area (Å²) in [5.74, 6) is 0.0431. The number of hydrogen-bond donors (Lipinski definition) is 2. The lowest BCUT2D eigenvalue weighted by molar-refractivity contribution is -0.129. The fourth-order valence-corrected chi connectivity index (χ4v) is 2.61. The second-order valence-electron chi connectivity index (χ2n) is 7.37. The van der Waals surface area contributed by atoms with Gasteiger partial charge < -0.3 is 19.9 Å². The molecule has 1 fully saturated rings. The van der Waals surface area contributed by atoms with Gasteiger partial charge in [0.2, 0.25) is 11.8 Å². The number of nitrogens with zero attached hydrogens (tertiary/aromatic N) is 2. The number of carbonyl (C=O) groups excluding carboxylic acids is 3. The molecule has 0 bridgehead atoms. The first-order valence-corrected chi connectivity index (χ1v) is 8.61. The molecule has 144 valence electrons. The monoisotopic (exact) mass is 366 g/mol. The van der Waals surface area contributed by atoms with Gasteiger partial charge in [-0.3, -0.25) is 14.5 Å². The molecule has 3 amide bonds. The Morgan fingerprint density at radius 2 is 2.08 bits per heavy atom. The summed E-state index contributed by atoms with van der Waals surface area (Å²) in [6.45, 7) is 9.04. The van der Waals surface area contributed by atoms with E-state index in [2.05, 4.69) is 15.8 Å². The number of likely N-dealkylation sites (tertiary alicyclic amines) is 1. The first-order valence-electron chi connectivity index (χ1n) is 8.61. The second kappa shape index (κ2) is 7.76. The van der Waals surface area contributed by atoms with Crippen LogP contribution in [0.5, 0.6) is 0 Å². The molecular weight excluding hydrogens is 340 g/mol. The van der Waals surface area contributed by atoms with Crippen molar-refractivity contribution >= 4 is 23.7 Å². The van der Waals surface area contributed by atoms with Gasteiger partial charge in [-0.25, -0.2) is 4.79 Å². The summed E-state index contributed by atoms with van der Waals surface area (Å²) in [7, 11) is 0. The molecule has 2 heterocycles. The molecule has 2 unspecified atom stereocenters. The molecule has 9 nitrogen and oxygen atoms in total. The molecule has 9 heteroatoms. The van der Waals surface area contributed by atoms with E-state index in [1.165, 1.54) is 4.90 Å². The third-order valence-electron chi connectivity index (χ3n) is 3.81. The Bertz CT molecular complexity index is 679. The molecular formula is C17H26N4O5. The Morgan fingerprint density at radius 1 is 1.38 bits per heavy atom. The molecule has 0 spiro atoms. The maximum Gasteiger partial charge on any atom is 0.410 e. The van der Waals surface area contributed by atoms with Gasteiger partial charge in [0.05, 0.1) is 0 Å². The number of aromatic nitrogens is 1. The highest BCUT2D eigenvalue weighted by molar-refractivity contribution is 5.97. The van der Waals surface area contributed by atoms with Crippen LogP contribution in [0.3, 0.4) is 0 Å². The van der Waals surface area contributed by atoms with Crippen LogP contribution < -0.4 is 10.6 Å². The second-order valence-corrected chi connectivity index (χ2v) is 7.37. The molecule has 0 aromatic carbocycles. The maximum absolute atomic E-state index is 12.5. The van der Waals surface area contributed by atoms with E-state index in [1.54, 1.807) is 40.7 Å². The van der Waals surface area contributed by atoms with Crippen molar-refractivity contribution in [1.29, 1.82) is 0 Å². The zero-order chi connectivity index (χ0) is 19.5. The Kier molecular flexibility index (Phi) is 5.89. The lowest BCUT2D eigenvalue weighted by Gasteiger charge is -2.28. The van der Waals surface area contributed by atoms with Crippen LogP contribution in [0.2, 0.25) is 0 Å². The first-order chi connectivity index (χ1) is 12.1. The van der Waals surface area contributed by atoms with Crippen molar-refractivity contribution in [2.75, 3.05) is 11.9 Å². The average molecular weight is 366 g/mol. The van der Waals surface area contributed by atoms with E-state index in [-0.39, 0.29) is 11.7 Å². The van der Waals surface area contributed by atoms with Crippen molar-refractivity contribution in [3.05, 3.63) is 11.8 Å². The van der Waals surface area contributed by atoms with E-state index in [0.717, 1.165) is 0 Å². The molecule has 1 saturated heterocycles. The van der Waals surface area contributed by atoms with E-state index in [9.17, 15) is 14.4 Å². The van der Waals surface area contributed by atoms with Crippen LogP contribution in [0, 0.1) is 6.92 Å². The Labute approximate surface area is 152 Å². The molecule has 1 aliphatic heterocycles. The van der Waals surface area contributed by atoms with Crippen molar-refractivity contribution in [2.45, 2.75) is 65.1 Å². The van der Waals surface area contributed by atoms with Crippen molar-refractivity contribution in [3.8, 4) is 0 Å². The van der Waals surface area contributed by atoms with Gasteiger partial charge >= 0.3 is 6.09 Å². The van der Waals surface area contributed by atoms with Crippen LogP contribution in [0.1, 0.15) is 46.3 Å². The van der Waals surface area contributed by atoms with Crippen LogP contribution >= 0.6 is 0 Å². The fraction of sp³-hybridized carbons (Fsp3) is 0.647. The van der Waals surface area contributed by atoms with Crippen LogP contribution in [0.15, 0.2) is 10.6 Å². The van der Waals surface area contributed by atoms with E-state index >= 15 is 0 Å². The molecule has 2 atom stereocenters. The van der Waals surface area contributed by atoms with Crippen molar-refractivity contribution in [3.63, 3.8) is 0 Å². The fourth-order valence-electron chi connectivity index (χ4n) is 2.61. The Morgan fingerprint density at radius 3 is 2.65 bits per heavy atom. The zero-order valence-electron chi connectivity index (χ0n) is 15.8. The summed E-state index contributed by atoms with van der Waals surface area (Å²) in [5.41, 5.74) is -0.635. The minimum absolute atomic E-state index is 0.282. The van der Waals surface area contributed by atoms with Crippen LogP contribution in [0.4, 0.5) is 10.6 Å². The van der Waals surface area contributed by atoms with Gasteiger partial charge in [0, 0.05) is 12.6 Å². The van der Waals surface area contributed by atoms with Crippen molar-refractivity contribution in [2.24, 2.45) is 0 Å². The Balaban J connectivity index is 1.92. The lowest BCUT2D eigenvalue weighted by atomic mass is 10.2. The minimum atomic E-state index is -0.791. The summed E-state index contributed by atoms with van der Waals surface area (Å²) in [5, 5.41) is 8.87. The number of carbonyl (C=O) groups is 3. The molecule has 1 aromatic heterocycles. The highest BCUT2D eigenvalue weighted by atomic mass is 16.6. The number of amides is 3. The third-order valence-corrected chi connectivity index (χ3v) is 3.81. The largest absolute Gasteiger partial charge is 0.444 e. The maximum atomic E-state index is 12.5. The van der Waals surface area contributed by atoms with E-state index in [1.807, 2.05) is 0 Å². The summed E-state index contributed by atoms with van der Waals surface area (Å²) in [4.78, 5) is 38.4. The predicted molar refractivity (Wildman–Crippen MR) is 93.4 cm³/mol. The number of ether oxygens (including phenoxy) is 1. The molecule has 2 rings (SSSR count). The number of hydrogen-bond acceptors (Lipinski definition) is 6. The van der Waals surface area contributed by atoms with Gasteiger partial charge in [-0.1, -0.05) is 5.16 Å². The topological polar surface area (TPSA) is 114 Å². The number of aryl methyl sites for hydroxylation is 1. The summed E-state index contributed by atoms with van der Waals surface area (Å²) in [6.07, 6.45) is 0.711. The molecule has 0 saturated carbocycles. The van der Waals surface area contributed by atoms with Gasteiger partial charge in [0.15, 0.2) is 5.82 Å². The van der Waals surface area contributed by atoms with E-state index in [4.69, 9.17) is 9.26 Å². The molecule has 1 aliphatic rings. The summed E-state index contributed by atoms with van der Waals surface area (Å²) in [6, 6.07) is 0.142. The van der Waals surface area contributed by atoms with Crippen LogP contribution in [-0.2, 0) is 14.3 Å². The van der Waals surface area contributed by atoms with Crippen molar-refractivity contribution < 1.29 is 23.6 Å². The van der Waals surface area contributed by atoms with Crippen LogP contribution in [0.25, 0.3) is 0 Å². The van der Waals surface area contributed by atoms with Gasteiger partial charge in [-0.15, -0.1) is 0 Å². The first kappa shape index (κ1) is 19.7. The smallest absolute Gasteiger partial charge is 0.410 e. The minimum Gasteiger partial charge on any atom is -0.444 e. The number of nitrogens with one attached hydrogen (secondary N) is 2. The Hall–Kier alpha value is -2.58. The van der Waals surface area contributed by atoms with Gasteiger partial charge in [-0.05, 0) is 47.5 Å². The molecule has 2 N–H and O–H groups in total. The average Bonchev–Trinajstić information content (AvgIpc) is 3.14. The summed E-state index contributed by atoms with van der Waals surface area (Å²) >= 11 is 0. The number of anilines is 1. The lowest BCUT2D eigenvalue weighted by Crippen LogP contribution is -2.51. The molecule has 0 aliphatic carbocycles. The van der Waals surface area contributed by atoms with E-state index in [0.29, 0.717) is 25.1 Å². The SMILES string of the molecule is Cc1cc(NC(=O)C(C)NC(=O)C2CCCN2C(=O)OC(C)(C)C)no1. The standard InChI is InChI=1S/C17H26N4O5/c1-10-9-13(20-26-10)19-14(22)11(2)18-15(23)12-7-6-8-21(12)16(24)25-17(3,4)5/h9,11-12H,6-8H2,1-5H3,(H,18,23)(H,19,20,22). The van der Waals surface area contributed by atoms with Gasteiger partial charge in [0.1, 0.15) is 23.4 Å². The quantitative estimate of drug-likeness (QED) is 0.840. The highest BCUT2D eigenvalue weighted by Crippen LogP contribution is 2.21. The molecule has 0 radical (unpaired) electrons. The molecule has 26 heavy (non-hydrogen) atoms. The van der Waals surface area contributed by atoms with Gasteiger partial charge in [0.25, 0.3) is 0 Å². The zero-order valence-corrected chi connectivity index (χ0v) is 15.8. The van der Waals surface area contributed by atoms with Crippen molar-refractivity contribution in [1.82, 2.24) is 15.4 Å². The van der Waals surface area contributed by atoms with Crippen LogP contribution in [-0.4, -0.2) is 52.2 Å².